The third-order valence-corrected chi connectivity index (χ3v) is 4.97. The smallest absolute Gasteiger partial charge is 0.231 e. The first kappa shape index (κ1) is 15.5. The lowest BCUT2D eigenvalue weighted by atomic mass is 10.1. The topological polar surface area (TPSA) is 55.1 Å². The van der Waals surface area contributed by atoms with Crippen molar-refractivity contribution in [3.05, 3.63) is 47.9 Å². The largest absolute Gasteiger partial charge is 0.468 e. The number of hydrogen-bond donors (Lipinski definition) is 1. The van der Waals surface area contributed by atoms with Gasteiger partial charge in [-0.2, -0.15) is 0 Å². The van der Waals surface area contributed by atoms with Crippen LogP contribution in [-0.4, -0.2) is 29.4 Å². The number of rotatable bonds is 6. The maximum atomic E-state index is 10.7. The lowest BCUT2D eigenvalue weighted by molar-refractivity contribution is 0.0778. The summed E-state index contributed by atoms with van der Waals surface area (Å²) >= 11 is 0. The number of furan rings is 1. The summed E-state index contributed by atoms with van der Waals surface area (Å²) < 4.78 is 16.3. The highest BCUT2D eigenvalue weighted by molar-refractivity contribution is 5.45. The summed E-state index contributed by atoms with van der Waals surface area (Å²) in [4.78, 5) is 2.35. The van der Waals surface area contributed by atoms with E-state index in [-0.39, 0.29) is 6.79 Å². The van der Waals surface area contributed by atoms with Gasteiger partial charge < -0.3 is 19.0 Å². The fourth-order valence-electron chi connectivity index (χ4n) is 3.66. The van der Waals surface area contributed by atoms with Crippen molar-refractivity contribution in [1.29, 1.82) is 0 Å². The summed E-state index contributed by atoms with van der Waals surface area (Å²) in [5.41, 5.74) is 0.863. The number of aliphatic hydroxyl groups excluding tert-OH is 1. The van der Waals surface area contributed by atoms with Crippen LogP contribution in [0.4, 0.5) is 0 Å². The third kappa shape index (κ3) is 3.28. The zero-order chi connectivity index (χ0) is 16.4. The molecule has 1 aromatic heterocycles. The van der Waals surface area contributed by atoms with Gasteiger partial charge in [0, 0.05) is 12.6 Å². The number of ether oxygens (including phenoxy) is 2. The maximum absolute atomic E-state index is 10.7. The van der Waals surface area contributed by atoms with Crippen LogP contribution in [0.3, 0.4) is 0 Å². The van der Waals surface area contributed by atoms with Crippen molar-refractivity contribution in [1.82, 2.24) is 4.90 Å². The molecule has 128 valence electrons. The van der Waals surface area contributed by atoms with Crippen LogP contribution < -0.4 is 9.47 Å². The number of aliphatic hydroxyl groups is 1. The van der Waals surface area contributed by atoms with Crippen molar-refractivity contribution in [2.45, 2.75) is 44.4 Å². The summed E-state index contributed by atoms with van der Waals surface area (Å²) in [5.74, 6) is 2.40. The molecule has 2 aromatic rings. The van der Waals surface area contributed by atoms with E-state index in [1.165, 1.54) is 25.7 Å². The van der Waals surface area contributed by atoms with E-state index < -0.39 is 6.10 Å². The van der Waals surface area contributed by atoms with Gasteiger partial charge >= 0.3 is 0 Å². The van der Waals surface area contributed by atoms with E-state index in [0.29, 0.717) is 18.3 Å². The first-order chi connectivity index (χ1) is 11.8. The molecule has 0 unspecified atom stereocenters. The van der Waals surface area contributed by atoms with E-state index in [4.69, 9.17) is 13.9 Å². The summed E-state index contributed by atoms with van der Waals surface area (Å²) in [6.07, 6.45) is 6.05. The fourth-order valence-corrected chi connectivity index (χ4v) is 3.66. The van der Waals surface area contributed by atoms with Crippen molar-refractivity contribution in [2.75, 3.05) is 13.3 Å². The maximum Gasteiger partial charge on any atom is 0.231 e. The van der Waals surface area contributed by atoms with Crippen LogP contribution in [0.5, 0.6) is 11.5 Å². The Morgan fingerprint density at radius 3 is 2.75 bits per heavy atom. The summed E-state index contributed by atoms with van der Waals surface area (Å²) in [7, 11) is 0. The Balaban J connectivity index is 1.48. The number of hydrogen-bond acceptors (Lipinski definition) is 5. The monoisotopic (exact) mass is 329 g/mol. The molecule has 0 amide bonds. The van der Waals surface area contributed by atoms with Crippen LogP contribution in [-0.2, 0) is 6.54 Å². The Morgan fingerprint density at radius 1 is 1.12 bits per heavy atom. The van der Waals surface area contributed by atoms with E-state index in [1.54, 1.807) is 6.26 Å². The van der Waals surface area contributed by atoms with Crippen molar-refractivity contribution in [3.63, 3.8) is 0 Å². The van der Waals surface area contributed by atoms with Crippen LogP contribution in [0.2, 0.25) is 0 Å². The Bertz CT molecular complexity index is 664. The van der Waals surface area contributed by atoms with Gasteiger partial charge in [0.05, 0.1) is 18.9 Å². The molecule has 0 bridgehead atoms. The second kappa shape index (κ2) is 6.87. The van der Waals surface area contributed by atoms with Gasteiger partial charge in [0.1, 0.15) is 5.76 Å². The summed E-state index contributed by atoms with van der Waals surface area (Å²) in [5, 5.41) is 10.7. The van der Waals surface area contributed by atoms with Crippen LogP contribution in [0, 0.1) is 0 Å². The molecule has 2 aliphatic rings. The molecule has 1 aliphatic heterocycles. The van der Waals surface area contributed by atoms with Crippen LogP contribution in [0.1, 0.15) is 43.1 Å². The molecule has 1 fully saturated rings. The van der Waals surface area contributed by atoms with Gasteiger partial charge in [-0.3, -0.25) is 4.90 Å². The van der Waals surface area contributed by atoms with E-state index in [0.717, 1.165) is 23.6 Å². The van der Waals surface area contributed by atoms with Crippen LogP contribution >= 0.6 is 0 Å². The second-order valence-electron chi connectivity index (χ2n) is 6.58. The quantitative estimate of drug-likeness (QED) is 0.879. The fraction of sp³-hybridized carbons (Fsp3) is 0.474. The first-order valence-corrected chi connectivity index (χ1v) is 8.63. The van der Waals surface area contributed by atoms with Gasteiger partial charge in [-0.1, -0.05) is 18.9 Å². The molecule has 5 nitrogen and oxygen atoms in total. The SMILES string of the molecule is O[C@@H](CN(Cc1ccco1)C1CCCC1)c1ccc2c(c1)OCO2. The third-order valence-electron chi connectivity index (χ3n) is 4.97. The Morgan fingerprint density at radius 2 is 1.96 bits per heavy atom. The van der Waals surface area contributed by atoms with E-state index in [2.05, 4.69) is 4.90 Å². The Labute approximate surface area is 141 Å². The highest BCUT2D eigenvalue weighted by Gasteiger charge is 2.26. The predicted octanol–water partition coefficient (Wildman–Crippen LogP) is 3.49. The molecule has 4 rings (SSSR count). The molecule has 0 radical (unpaired) electrons. The van der Waals surface area contributed by atoms with Gasteiger partial charge in [-0.15, -0.1) is 0 Å². The average molecular weight is 329 g/mol. The Hall–Kier alpha value is -1.98. The van der Waals surface area contributed by atoms with Crippen molar-refractivity contribution in [2.24, 2.45) is 0 Å². The molecule has 5 heteroatoms. The lowest BCUT2D eigenvalue weighted by Crippen LogP contribution is -2.36. The zero-order valence-electron chi connectivity index (χ0n) is 13.7. The van der Waals surface area contributed by atoms with Crippen molar-refractivity contribution >= 4 is 0 Å². The molecule has 1 aliphatic carbocycles. The molecule has 2 heterocycles. The van der Waals surface area contributed by atoms with E-state index in [1.807, 2.05) is 30.3 Å². The average Bonchev–Trinajstić information content (AvgIpc) is 3.34. The standard InChI is InChI=1S/C19H23NO4/c21-17(14-7-8-18-19(10-14)24-13-23-18)12-20(15-4-1-2-5-15)11-16-6-3-9-22-16/h3,6-10,15,17,21H,1-2,4-5,11-13H2/t17-/m0/s1. The van der Waals surface area contributed by atoms with E-state index in [9.17, 15) is 5.11 Å². The van der Waals surface area contributed by atoms with E-state index >= 15 is 0 Å². The molecular weight excluding hydrogens is 306 g/mol. The lowest BCUT2D eigenvalue weighted by Gasteiger charge is -2.30. The number of nitrogens with zero attached hydrogens (tertiary/aromatic N) is 1. The van der Waals surface area contributed by atoms with Gasteiger partial charge in [-0.05, 0) is 42.7 Å². The minimum atomic E-state index is -0.560. The molecule has 24 heavy (non-hydrogen) atoms. The minimum absolute atomic E-state index is 0.252. The summed E-state index contributed by atoms with van der Waals surface area (Å²) in [6, 6.07) is 10.1. The molecular formula is C19H23NO4. The summed E-state index contributed by atoms with van der Waals surface area (Å²) in [6.45, 7) is 1.58. The van der Waals surface area contributed by atoms with Crippen molar-refractivity contribution in [3.8, 4) is 11.5 Å². The predicted molar refractivity (Wildman–Crippen MR) is 88.9 cm³/mol. The van der Waals surface area contributed by atoms with Crippen LogP contribution in [0.25, 0.3) is 0 Å². The zero-order valence-corrected chi connectivity index (χ0v) is 13.7. The molecule has 1 saturated carbocycles. The molecule has 0 saturated heterocycles. The van der Waals surface area contributed by atoms with Gasteiger partial charge in [0.15, 0.2) is 11.5 Å². The van der Waals surface area contributed by atoms with Gasteiger partial charge in [0.25, 0.3) is 0 Å². The number of fused-ring (bicyclic) bond motifs is 1. The molecule has 1 N–H and O–H groups in total. The molecule has 1 aromatic carbocycles. The minimum Gasteiger partial charge on any atom is -0.468 e. The normalized spacial score (nSPS) is 18.4. The van der Waals surface area contributed by atoms with Gasteiger partial charge in [0.2, 0.25) is 6.79 Å². The van der Waals surface area contributed by atoms with Crippen molar-refractivity contribution < 1.29 is 19.0 Å². The molecule has 0 spiro atoms. The van der Waals surface area contributed by atoms with Crippen LogP contribution in [0.15, 0.2) is 41.0 Å². The highest BCUT2D eigenvalue weighted by Crippen LogP contribution is 2.35. The molecule has 1 atom stereocenters. The Kier molecular flexibility index (Phi) is 4.45. The highest BCUT2D eigenvalue weighted by atomic mass is 16.7. The van der Waals surface area contributed by atoms with Gasteiger partial charge in [-0.25, -0.2) is 0 Å². The number of benzene rings is 1. The second-order valence-corrected chi connectivity index (χ2v) is 6.58. The first-order valence-electron chi connectivity index (χ1n) is 8.63.